The highest BCUT2D eigenvalue weighted by atomic mass is 15.2. The second-order valence-corrected chi connectivity index (χ2v) is 17.0. The van der Waals surface area contributed by atoms with E-state index in [2.05, 4.69) is 196 Å². The molecule has 65 heavy (non-hydrogen) atoms. The molecule has 0 saturated heterocycles. The van der Waals surface area contributed by atoms with Gasteiger partial charge in [0.15, 0.2) is 0 Å². The van der Waals surface area contributed by atoms with Gasteiger partial charge in [0.2, 0.25) is 0 Å². The number of benzene rings is 6. The summed E-state index contributed by atoms with van der Waals surface area (Å²) in [5.74, 6) is 0.0342. The van der Waals surface area contributed by atoms with E-state index in [4.69, 9.17) is 17.7 Å². The lowest BCUT2D eigenvalue weighted by Gasteiger charge is -2.33. The number of nitrogen functional groups attached to an aromatic ring is 1. The Morgan fingerprint density at radius 1 is 0.692 bits per heavy atom. The van der Waals surface area contributed by atoms with Crippen molar-refractivity contribution in [3.8, 4) is 22.3 Å². The van der Waals surface area contributed by atoms with Crippen LogP contribution in [0.1, 0.15) is 69.7 Å². The van der Waals surface area contributed by atoms with Crippen LogP contribution in [-0.4, -0.2) is 5.84 Å². The number of hydrogen-bond donors (Lipinski definition) is 2. The number of allylic oxidation sites excluding steroid dienone is 12. The zero-order valence-electron chi connectivity index (χ0n) is 38.5. The fourth-order valence-electron chi connectivity index (χ4n) is 8.44. The molecular weight excluding hydrogens is 789 g/mol. The molecule has 3 N–H and O–H groups in total. The number of nitrogens with one attached hydrogen (secondary N) is 1. The molecule has 1 heterocycles. The van der Waals surface area contributed by atoms with Crippen LogP contribution >= 0.6 is 0 Å². The van der Waals surface area contributed by atoms with Crippen LogP contribution in [0.3, 0.4) is 0 Å². The summed E-state index contributed by atoms with van der Waals surface area (Å²) < 4.78 is 0. The van der Waals surface area contributed by atoms with E-state index in [-0.39, 0.29) is 11.3 Å². The van der Waals surface area contributed by atoms with Crippen molar-refractivity contribution in [2.75, 3.05) is 9.80 Å². The Morgan fingerprint density at radius 3 is 1.89 bits per heavy atom. The van der Waals surface area contributed by atoms with Crippen molar-refractivity contribution < 1.29 is 0 Å². The van der Waals surface area contributed by atoms with Crippen LogP contribution in [-0.2, 0) is 5.41 Å². The number of fused-ring (bicyclic) bond motifs is 1. The molecule has 0 saturated carbocycles. The Balaban J connectivity index is 0.00000311. The van der Waals surface area contributed by atoms with Crippen molar-refractivity contribution in [2.45, 2.75) is 52.9 Å². The molecule has 0 bridgehead atoms. The fourth-order valence-corrected chi connectivity index (χ4v) is 8.44. The summed E-state index contributed by atoms with van der Waals surface area (Å²) in [5.41, 5.74) is 23.5. The fraction of sp³-hybridized carbons (Fsp3) is 0.131. The van der Waals surface area contributed by atoms with Crippen LogP contribution in [0.2, 0.25) is 0 Å². The van der Waals surface area contributed by atoms with Gasteiger partial charge < -0.3 is 15.5 Å². The van der Waals surface area contributed by atoms with Crippen LogP contribution in [0.25, 0.3) is 33.4 Å². The van der Waals surface area contributed by atoms with Gasteiger partial charge in [-0.05, 0) is 153 Å². The molecule has 324 valence electrons. The minimum absolute atomic E-state index is 0.0342. The van der Waals surface area contributed by atoms with Crippen molar-refractivity contribution in [1.29, 1.82) is 5.41 Å². The molecule has 0 fully saturated rings. The number of nitrogens with two attached hydrogens (primary N) is 1. The average molecular weight is 849 g/mol. The molecule has 1 aliphatic carbocycles. The maximum absolute atomic E-state index is 8.10. The lowest BCUT2D eigenvalue weighted by atomic mass is 9.83. The first-order chi connectivity index (χ1) is 31.5. The molecule has 0 unspecified atom stereocenters. The normalized spacial score (nSPS) is 14.9. The van der Waals surface area contributed by atoms with Gasteiger partial charge in [0.1, 0.15) is 5.84 Å². The topological polar surface area (TPSA) is 56.4 Å². The predicted octanol–water partition coefficient (Wildman–Crippen LogP) is 16.7. The van der Waals surface area contributed by atoms with E-state index in [1.54, 1.807) is 6.08 Å². The van der Waals surface area contributed by atoms with Crippen LogP contribution in [0.5, 0.6) is 0 Å². The SMILES string of the molecule is C=C/C=C(\C=C)c1ccc(N(c2ccc(C(=N)N)cc2)c2ccc(N3/C=C\C(C4=CCCC=C4)=C/C(=C)c4cc(-c5ccccc5)cc(-c5ccccc5)c43)cc2)c(C(C)(C)C)c1.CC. The average Bonchev–Trinajstić information content (AvgIpc) is 3.34. The summed E-state index contributed by atoms with van der Waals surface area (Å²) in [5, 5.41) is 8.10. The van der Waals surface area contributed by atoms with Crippen LogP contribution in [0.15, 0.2) is 225 Å². The molecular formula is C61H60N4. The van der Waals surface area contributed by atoms with Crippen LogP contribution in [0, 0.1) is 5.41 Å². The Hall–Kier alpha value is -7.69. The lowest BCUT2D eigenvalue weighted by molar-refractivity contribution is 0.591. The third-order valence-electron chi connectivity index (χ3n) is 11.7. The Bertz CT molecular complexity index is 2860. The summed E-state index contributed by atoms with van der Waals surface area (Å²) in [6, 6.07) is 49.2. The summed E-state index contributed by atoms with van der Waals surface area (Å²) in [6.07, 6.45) is 21.2. The monoisotopic (exact) mass is 848 g/mol. The third-order valence-corrected chi connectivity index (χ3v) is 11.7. The summed E-state index contributed by atoms with van der Waals surface area (Å²) in [7, 11) is 0. The van der Waals surface area contributed by atoms with Gasteiger partial charge in [-0.15, -0.1) is 0 Å². The van der Waals surface area contributed by atoms with E-state index >= 15 is 0 Å². The molecule has 0 radical (unpaired) electrons. The maximum Gasteiger partial charge on any atom is 0.122 e. The largest absolute Gasteiger partial charge is 0.384 e. The van der Waals surface area contributed by atoms with E-state index in [9.17, 15) is 0 Å². The van der Waals surface area contributed by atoms with Crippen molar-refractivity contribution in [3.05, 3.63) is 247 Å². The number of anilines is 5. The molecule has 2 aliphatic rings. The second-order valence-electron chi connectivity index (χ2n) is 17.0. The predicted molar refractivity (Wildman–Crippen MR) is 283 cm³/mol. The van der Waals surface area contributed by atoms with Gasteiger partial charge in [-0.1, -0.05) is 158 Å². The molecule has 6 aromatic rings. The maximum atomic E-state index is 8.10. The highest BCUT2D eigenvalue weighted by molar-refractivity contribution is 5.99. The molecule has 0 spiro atoms. The van der Waals surface area contributed by atoms with E-state index in [0.29, 0.717) is 5.56 Å². The molecule has 4 nitrogen and oxygen atoms in total. The molecule has 1 aliphatic heterocycles. The highest BCUT2D eigenvalue weighted by Crippen LogP contribution is 2.47. The highest BCUT2D eigenvalue weighted by Gasteiger charge is 2.26. The molecule has 0 amide bonds. The first kappa shape index (κ1) is 45.3. The third kappa shape index (κ3) is 9.93. The summed E-state index contributed by atoms with van der Waals surface area (Å²) in [4.78, 5) is 4.62. The van der Waals surface area contributed by atoms with E-state index < -0.39 is 0 Å². The lowest BCUT2D eigenvalue weighted by Crippen LogP contribution is -2.20. The van der Waals surface area contributed by atoms with Gasteiger partial charge in [-0.3, -0.25) is 5.41 Å². The molecule has 8 rings (SSSR count). The van der Waals surface area contributed by atoms with Crippen molar-refractivity contribution >= 4 is 45.4 Å². The first-order valence-electron chi connectivity index (χ1n) is 22.5. The summed E-state index contributed by atoms with van der Waals surface area (Å²) in [6.45, 7) is 23.5. The van der Waals surface area contributed by atoms with Crippen molar-refractivity contribution in [3.63, 3.8) is 0 Å². The Labute approximate surface area is 387 Å². The first-order valence-corrected chi connectivity index (χ1v) is 22.5. The molecule has 6 aromatic carbocycles. The Kier molecular flexibility index (Phi) is 14.1. The van der Waals surface area contributed by atoms with Crippen LogP contribution in [0.4, 0.5) is 28.4 Å². The number of amidine groups is 1. The zero-order valence-corrected chi connectivity index (χ0v) is 38.5. The molecule has 0 atom stereocenters. The molecule has 0 aromatic heterocycles. The van der Waals surface area contributed by atoms with E-state index in [1.165, 1.54) is 11.1 Å². The van der Waals surface area contributed by atoms with E-state index in [0.717, 1.165) is 91.4 Å². The minimum atomic E-state index is -0.217. The van der Waals surface area contributed by atoms with Gasteiger partial charge in [0.05, 0.1) is 5.69 Å². The number of hydrogen-bond acceptors (Lipinski definition) is 3. The van der Waals surface area contributed by atoms with Gasteiger partial charge in [-0.2, -0.15) is 0 Å². The Morgan fingerprint density at radius 2 is 1.31 bits per heavy atom. The molecule has 4 heteroatoms. The van der Waals surface area contributed by atoms with Gasteiger partial charge in [0, 0.05) is 45.6 Å². The van der Waals surface area contributed by atoms with Gasteiger partial charge in [0.25, 0.3) is 0 Å². The van der Waals surface area contributed by atoms with Gasteiger partial charge >= 0.3 is 0 Å². The minimum Gasteiger partial charge on any atom is -0.384 e. The second kappa shape index (κ2) is 20.2. The summed E-state index contributed by atoms with van der Waals surface area (Å²) >= 11 is 0. The number of nitrogens with zero attached hydrogens (tertiary/aromatic N) is 2. The van der Waals surface area contributed by atoms with Crippen LogP contribution < -0.4 is 15.5 Å². The van der Waals surface area contributed by atoms with Crippen molar-refractivity contribution in [2.24, 2.45) is 5.73 Å². The van der Waals surface area contributed by atoms with Gasteiger partial charge in [-0.25, -0.2) is 0 Å². The van der Waals surface area contributed by atoms with Crippen molar-refractivity contribution in [1.82, 2.24) is 0 Å². The zero-order chi connectivity index (χ0) is 46.1. The number of rotatable bonds is 11. The standard InChI is InChI=1S/C59H54N4.C2H6/c1-7-18-42(8-2)47-27-34-56(55(40-47)59(4,5)6)63(51-28-25-46(26-29-51)58(60)61)52-32-30-50(31-33-52)62-36-35-48(43-19-12-9-13-20-43)37-41(3)53-38-49(44-21-14-10-15-22-44)39-54(57(53)62)45-23-16-11-17-24-45;1-2/h7-8,10-12,14-40H,1-3,9,13H2,4-6H3,(H3,60,61);1-2H3/b36-35-,42-18+,48-37+;. The smallest absolute Gasteiger partial charge is 0.122 e. The quantitative estimate of drug-likeness (QED) is 0.0776. The van der Waals surface area contributed by atoms with E-state index in [1.807, 2.05) is 50.3 Å².